The van der Waals surface area contributed by atoms with Crippen LogP contribution in [0, 0.1) is 0 Å². The molecule has 1 aliphatic rings. The van der Waals surface area contributed by atoms with Gasteiger partial charge in [0.15, 0.2) is 12.4 Å². The molecule has 1 heterocycles. The fourth-order valence-electron chi connectivity index (χ4n) is 3.08. The van der Waals surface area contributed by atoms with Crippen molar-refractivity contribution in [1.82, 2.24) is 0 Å². The summed E-state index contributed by atoms with van der Waals surface area (Å²) in [5.74, 6) is -0.982. The highest BCUT2D eigenvalue weighted by molar-refractivity contribution is 6.08. The van der Waals surface area contributed by atoms with E-state index in [0.717, 1.165) is 0 Å². The second kappa shape index (κ2) is 8.77. The summed E-state index contributed by atoms with van der Waals surface area (Å²) in [6, 6.07) is 10.2. The van der Waals surface area contributed by atoms with E-state index < -0.39 is 17.9 Å². The Bertz CT molecular complexity index is 999. The van der Waals surface area contributed by atoms with Crippen molar-refractivity contribution >= 4 is 34.9 Å². The van der Waals surface area contributed by atoms with Gasteiger partial charge in [0, 0.05) is 11.3 Å². The summed E-state index contributed by atoms with van der Waals surface area (Å²) in [7, 11) is 0. The lowest BCUT2D eigenvalue weighted by Crippen LogP contribution is -2.49. The van der Waals surface area contributed by atoms with Crippen molar-refractivity contribution < 1.29 is 28.7 Å². The van der Waals surface area contributed by atoms with Gasteiger partial charge in [-0.1, -0.05) is 0 Å². The molecule has 8 heteroatoms. The van der Waals surface area contributed by atoms with Crippen molar-refractivity contribution in [2.24, 2.45) is 0 Å². The lowest BCUT2D eigenvalue weighted by molar-refractivity contribution is -0.125. The topological polar surface area (TPSA) is 102 Å². The predicted octanol–water partition coefficient (Wildman–Crippen LogP) is 2.82. The highest BCUT2D eigenvalue weighted by Gasteiger charge is 2.33. The second-order valence-corrected chi connectivity index (χ2v) is 6.75. The van der Waals surface area contributed by atoms with E-state index in [0.29, 0.717) is 28.3 Å². The van der Waals surface area contributed by atoms with Crippen LogP contribution >= 0.6 is 0 Å². The standard InChI is InChI=1S/C22H22N2O6/c1-4-29-22(28)15-5-8-17(9-6-15)23-21(27)13(2)24-18-11-16(14(3)25)7-10-19(18)30-12-20(24)26/h5-11,13H,4,12H2,1-3H3,(H,23,27). The van der Waals surface area contributed by atoms with Gasteiger partial charge in [-0.05, 0) is 63.2 Å². The van der Waals surface area contributed by atoms with Gasteiger partial charge in [0.05, 0.1) is 17.9 Å². The van der Waals surface area contributed by atoms with Gasteiger partial charge in [0.2, 0.25) is 5.91 Å². The fraction of sp³-hybridized carbons (Fsp3) is 0.273. The third-order valence-corrected chi connectivity index (χ3v) is 4.68. The van der Waals surface area contributed by atoms with E-state index in [4.69, 9.17) is 9.47 Å². The fourth-order valence-corrected chi connectivity index (χ4v) is 3.08. The number of anilines is 2. The van der Waals surface area contributed by atoms with Crippen molar-refractivity contribution in [3.63, 3.8) is 0 Å². The third-order valence-electron chi connectivity index (χ3n) is 4.68. The quantitative estimate of drug-likeness (QED) is 0.580. The highest BCUT2D eigenvalue weighted by atomic mass is 16.5. The molecule has 0 spiro atoms. The van der Waals surface area contributed by atoms with Crippen LogP contribution in [-0.2, 0) is 14.3 Å². The molecule has 0 aromatic heterocycles. The molecule has 0 aliphatic carbocycles. The van der Waals surface area contributed by atoms with Crippen LogP contribution in [0.1, 0.15) is 41.5 Å². The number of fused-ring (bicyclic) bond motifs is 1. The molecule has 0 saturated heterocycles. The molecule has 0 radical (unpaired) electrons. The Hall–Kier alpha value is -3.68. The molecule has 1 atom stereocenters. The van der Waals surface area contributed by atoms with E-state index in [9.17, 15) is 19.2 Å². The zero-order valence-corrected chi connectivity index (χ0v) is 16.9. The number of esters is 1. The molecular formula is C22H22N2O6. The molecule has 0 bridgehead atoms. The first-order chi connectivity index (χ1) is 14.3. The molecule has 8 nitrogen and oxygen atoms in total. The summed E-state index contributed by atoms with van der Waals surface area (Å²) >= 11 is 0. The average molecular weight is 410 g/mol. The van der Waals surface area contributed by atoms with E-state index in [1.54, 1.807) is 56.3 Å². The zero-order valence-electron chi connectivity index (χ0n) is 16.9. The number of Topliss-reactive ketones (excluding diaryl/α,β-unsaturated/α-hetero) is 1. The maximum atomic E-state index is 12.8. The SMILES string of the molecule is CCOC(=O)c1ccc(NC(=O)C(C)N2C(=O)COc3ccc(C(C)=O)cc32)cc1. The molecule has 156 valence electrons. The van der Waals surface area contributed by atoms with Crippen LogP contribution in [0.5, 0.6) is 5.75 Å². The molecule has 2 aromatic carbocycles. The number of carbonyl (C=O) groups excluding carboxylic acids is 4. The molecule has 0 saturated carbocycles. The van der Waals surface area contributed by atoms with Gasteiger partial charge in [0.25, 0.3) is 5.91 Å². The molecule has 2 amide bonds. The van der Waals surface area contributed by atoms with E-state index in [1.165, 1.54) is 11.8 Å². The first-order valence-electron chi connectivity index (χ1n) is 9.49. The van der Waals surface area contributed by atoms with Gasteiger partial charge in [-0.2, -0.15) is 0 Å². The Labute approximate surface area is 173 Å². The van der Waals surface area contributed by atoms with E-state index in [1.807, 2.05) is 0 Å². The van der Waals surface area contributed by atoms with Crippen molar-refractivity contribution in [3.8, 4) is 5.75 Å². The summed E-state index contributed by atoms with van der Waals surface area (Å²) in [6.45, 7) is 4.81. The molecule has 1 aliphatic heterocycles. The number of hydrogen-bond acceptors (Lipinski definition) is 6. The number of nitrogens with one attached hydrogen (secondary N) is 1. The Balaban J connectivity index is 1.79. The van der Waals surface area contributed by atoms with Gasteiger partial charge in [-0.3, -0.25) is 19.3 Å². The smallest absolute Gasteiger partial charge is 0.338 e. The van der Waals surface area contributed by atoms with Crippen molar-refractivity contribution in [2.75, 3.05) is 23.4 Å². The summed E-state index contributed by atoms with van der Waals surface area (Å²) < 4.78 is 10.4. The van der Waals surface area contributed by atoms with Crippen LogP contribution in [0.2, 0.25) is 0 Å². The minimum absolute atomic E-state index is 0.158. The van der Waals surface area contributed by atoms with Crippen LogP contribution in [0.15, 0.2) is 42.5 Å². The summed E-state index contributed by atoms with van der Waals surface area (Å²) in [6.07, 6.45) is 0. The third kappa shape index (κ3) is 4.32. The van der Waals surface area contributed by atoms with Crippen LogP contribution in [-0.4, -0.2) is 42.8 Å². The van der Waals surface area contributed by atoms with Gasteiger partial charge in [-0.15, -0.1) is 0 Å². The van der Waals surface area contributed by atoms with Gasteiger partial charge >= 0.3 is 5.97 Å². The van der Waals surface area contributed by atoms with E-state index >= 15 is 0 Å². The molecule has 1 N–H and O–H groups in total. The molecule has 2 aromatic rings. The summed E-state index contributed by atoms with van der Waals surface area (Å²) in [4.78, 5) is 50.1. The number of carbonyl (C=O) groups is 4. The number of amides is 2. The van der Waals surface area contributed by atoms with Gasteiger partial charge in [0.1, 0.15) is 11.8 Å². The normalized spacial score (nSPS) is 13.7. The number of hydrogen-bond donors (Lipinski definition) is 1. The van der Waals surface area contributed by atoms with Gasteiger partial charge in [-0.25, -0.2) is 4.79 Å². The summed E-state index contributed by atoms with van der Waals surface area (Å²) in [5.41, 5.74) is 1.63. The molecule has 3 rings (SSSR count). The average Bonchev–Trinajstić information content (AvgIpc) is 2.73. The van der Waals surface area contributed by atoms with E-state index in [2.05, 4.69) is 5.32 Å². The first kappa shape index (κ1) is 21.0. The number of nitrogens with zero attached hydrogens (tertiary/aromatic N) is 1. The Morgan fingerprint density at radius 1 is 1.13 bits per heavy atom. The predicted molar refractivity (Wildman–Crippen MR) is 110 cm³/mol. The lowest BCUT2D eigenvalue weighted by atomic mass is 10.1. The number of benzene rings is 2. The highest BCUT2D eigenvalue weighted by Crippen LogP contribution is 2.34. The minimum atomic E-state index is -0.855. The van der Waals surface area contributed by atoms with Crippen LogP contribution in [0.4, 0.5) is 11.4 Å². The Morgan fingerprint density at radius 3 is 2.43 bits per heavy atom. The second-order valence-electron chi connectivity index (χ2n) is 6.75. The molecule has 1 unspecified atom stereocenters. The maximum absolute atomic E-state index is 12.8. The number of ether oxygens (including phenoxy) is 2. The largest absolute Gasteiger partial charge is 0.482 e. The van der Waals surface area contributed by atoms with Crippen molar-refractivity contribution in [3.05, 3.63) is 53.6 Å². The van der Waals surface area contributed by atoms with Gasteiger partial charge < -0.3 is 14.8 Å². The van der Waals surface area contributed by atoms with Crippen molar-refractivity contribution in [2.45, 2.75) is 26.8 Å². The molecule has 0 fully saturated rings. The first-order valence-corrected chi connectivity index (χ1v) is 9.49. The van der Waals surface area contributed by atoms with Crippen LogP contribution in [0.3, 0.4) is 0 Å². The van der Waals surface area contributed by atoms with Crippen LogP contribution < -0.4 is 15.0 Å². The lowest BCUT2D eigenvalue weighted by Gasteiger charge is -2.33. The Kier molecular flexibility index (Phi) is 6.15. The Morgan fingerprint density at radius 2 is 1.80 bits per heavy atom. The maximum Gasteiger partial charge on any atom is 0.338 e. The van der Waals surface area contributed by atoms with Crippen molar-refractivity contribution in [1.29, 1.82) is 0 Å². The number of ketones is 1. The zero-order chi connectivity index (χ0) is 21.8. The summed E-state index contributed by atoms with van der Waals surface area (Å²) in [5, 5.41) is 2.73. The van der Waals surface area contributed by atoms with Crippen LogP contribution in [0.25, 0.3) is 0 Å². The molecule has 30 heavy (non-hydrogen) atoms. The monoisotopic (exact) mass is 410 g/mol. The number of rotatable bonds is 6. The molecular weight excluding hydrogens is 388 g/mol. The van der Waals surface area contributed by atoms with E-state index in [-0.39, 0.29) is 24.9 Å². The minimum Gasteiger partial charge on any atom is -0.482 e.